The van der Waals surface area contributed by atoms with Crippen molar-refractivity contribution in [2.24, 2.45) is 0 Å². The van der Waals surface area contributed by atoms with Crippen LogP contribution < -0.4 is 0 Å². The first kappa shape index (κ1) is 32.5. The largest absolute Gasteiger partial charge is 0.458 e. The molecule has 0 bridgehead atoms. The summed E-state index contributed by atoms with van der Waals surface area (Å²) < 4.78 is 5.70. The first-order chi connectivity index (χ1) is 17.2. The van der Waals surface area contributed by atoms with Gasteiger partial charge in [-0.05, 0) is 25.7 Å². The summed E-state index contributed by atoms with van der Waals surface area (Å²) in [7, 11) is 0. The minimum atomic E-state index is -0.0767. The highest BCUT2D eigenvalue weighted by molar-refractivity contribution is 5.76. The molecule has 35 heavy (non-hydrogen) atoms. The lowest BCUT2D eigenvalue weighted by atomic mass is 9.83. The van der Waals surface area contributed by atoms with Gasteiger partial charge < -0.3 is 4.74 Å². The zero-order valence-electron chi connectivity index (χ0n) is 24.3. The Morgan fingerprint density at radius 1 is 0.457 bits per heavy atom. The smallest absolute Gasteiger partial charge is 0.310 e. The Morgan fingerprint density at radius 2 is 0.686 bits per heavy atom. The van der Waals surface area contributed by atoms with Crippen LogP contribution in [-0.4, -0.2) is 11.6 Å². The highest BCUT2D eigenvalue weighted by Crippen LogP contribution is 2.38. The van der Waals surface area contributed by atoms with Crippen LogP contribution in [0, 0.1) is 0 Å². The second-order valence-electron chi connectivity index (χ2n) is 11.8. The van der Waals surface area contributed by atoms with Gasteiger partial charge in [0.25, 0.3) is 0 Å². The van der Waals surface area contributed by atoms with E-state index in [9.17, 15) is 4.79 Å². The van der Waals surface area contributed by atoms with Crippen LogP contribution in [-0.2, 0) is 9.53 Å². The lowest BCUT2D eigenvalue weighted by Gasteiger charge is -2.41. The van der Waals surface area contributed by atoms with Crippen LogP contribution in [0.5, 0.6) is 0 Å². The Labute approximate surface area is 221 Å². The van der Waals surface area contributed by atoms with Gasteiger partial charge in [0.1, 0.15) is 5.60 Å². The molecule has 1 atom stereocenters. The summed E-state index contributed by atoms with van der Waals surface area (Å²) >= 11 is 0. The standard InChI is InChI=1S/C33H64O2/c1-3-5-7-9-11-13-15-17-18-20-22-24-26-28-30-33(31-32(34)35-33)29-27-25-23-21-19-16-14-12-10-8-6-4-2/h3-31H2,1-2H3. The SMILES string of the molecule is CCCCCCCCCCCCCCCCC1(CCCCCCCCCCCCCC)CC(=O)O1. The number of unbranched alkanes of at least 4 members (excludes halogenated alkanes) is 24. The maximum absolute atomic E-state index is 11.6. The van der Waals surface area contributed by atoms with Crippen molar-refractivity contribution in [1.29, 1.82) is 0 Å². The molecule has 1 heterocycles. The van der Waals surface area contributed by atoms with Crippen LogP contribution >= 0.6 is 0 Å². The molecule has 0 spiro atoms. The van der Waals surface area contributed by atoms with E-state index in [1.165, 1.54) is 167 Å². The molecule has 0 N–H and O–H groups in total. The maximum Gasteiger partial charge on any atom is 0.310 e. The number of esters is 1. The molecular formula is C33H64O2. The van der Waals surface area contributed by atoms with Crippen LogP contribution in [0.3, 0.4) is 0 Å². The fraction of sp³-hybridized carbons (Fsp3) is 0.970. The fourth-order valence-corrected chi connectivity index (χ4v) is 5.83. The summed E-state index contributed by atoms with van der Waals surface area (Å²) in [6.07, 6.45) is 39.1. The molecule has 2 nitrogen and oxygen atoms in total. The molecule has 1 aliphatic heterocycles. The molecule has 0 aliphatic carbocycles. The molecule has 0 amide bonds. The van der Waals surface area contributed by atoms with Crippen molar-refractivity contribution < 1.29 is 9.53 Å². The quantitative estimate of drug-likeness (QED) is 0.0801. The van der Waals surface area contributed by atoms with Crippen LogP contribution in [0.15, 0.2) is 0 Å². The van der Waals surface area contributed by atoms with Gasteiger partial charge in [-0.15, -0.1) is 0 Å². The predicted octanol–water partition coefficient (Wildman–Crippen LogP) is 11.6. The molecule has 1 unspecified atom stereocenters. The number of cyclic esters (lactones) is 1. The Morgan fingerprint density at radius 3 is 0.914 bits per heavy atom. The summed E-state index contributed by atoms with van der Waals surface area (Å²) in [5.41, 5.74) is -0.0767. The molecule has 2 heteroatoms. The third-order valence-corrected chi connectivity index (χ3v) is 8.27. The van der Waals surface area contributed by atoms with Gasteiger partial charge in [0.05, 0.1) is 6.42 Å². The molecular weight excluding hydrogens is 428 g/mol. The zero-order valence-corrected chi connectivity index (χ0v) is 24.3. The van der Waals surface area contributed by atoms with Gasteiger partial charge in [0.15, 0.2) is 0 Å². The number of ether oxygens (including phenoxy) is 1. The van der Waals surface area contributed by atoms with Crippen LogP contribution in [0.4, 0.5) is 0 Å². The number of carbonyl (C=O) groups excluding carboxylic acids is 1. The normalized spacial score (nSPS) is 17.5. The molecule has 1 saturated heterocycles. The molecule has 208 valence electrons. The average Bonchev–Trinajstić information content (AvgIpc) is 2.84. The third kappa shape index (κ3) is 19.3. The zero-order chi connectivity index (χ0) is 25.3. The molecule has 0 aromatic carbocycles. The van der Waals surface area contributed by atoms with Crippen LogP contribution in [0.25, 0.3) is 0 Å². The first-order valence-corrected chi connectivity index (χ1v) is 16.4. The summed E-state index contributed by atoms with van der Waals surface area (Å²) in [6, 6.07) is 0. The maximum atomic E-state index is 11.6. The van der Waals surface area contributed by atoms with Gasteiger partial charge in [-0.2, -0.15) is 0 Å². The van der Waals surface area contributed by atoms with Gasteiger partial charge in [0.2, 0.25) is 0 Å². The van der Waals surface area contributed by atoms with Crippen molar-refractivity contribution in [2.75, 3.05) is 0 Å². The minimum Gasteiger partial charge on any atom is -0.458 e. The summed E-state index contributed by atoms with van der Waals surface area (Å²) in [6.45, 7) is 4.58. The van der Waals surface area contributed by atoms with E-state index in [2.05, 4.69) is 13.8 Å². The first-order valence-electron chi connectivity index (χ1n) is 16.4. The number of hydrogen-bond acceptors (Lipinski definition) is 2. The Balaban J connectivity index is 1.89. The fourth-order valence-electron chi connectivity index (χ4n) is 5.83. The van der Waals surface area contributed by atoms with E-state index in [-0.39, 0.29) is 11.6 Å². The predicted molar refractivity (Wildman–Crippen MR) is 154 cm³/mol. The molecule has 0 aromatic rings. The molecule has 0 saturated carbocycles. The summed E-state index contributed by atoms with van der Waals surface area (Å²) in [5, 5.41) is 0. The lowest BCUT2D eigenvalue weighted by molar-refractivity contribution is -0.194. The van der Waals surface area contributed by atoms with Gasteiger partial charge in [-0.3, -0.25) is 4.79 Å². The van der Waals surface area contributed by atoms with Gasteiger partial charge in [0, 0.05) is 0 Å². The number of carbonyl (C=O) groups is 1. The Bertz CT molecular complexity index is 450. The van der Waals surface area contributed by atoms with E-state index < -0.39 is 0 Å². The van der Waals surface area contributed by atoms with Crippen molar-refractivity contribution in [3.8, 4) is 0 Å². The van der Waals surface area contributed by atoms with E-state index >= 15 is 0 Å². The van der Waals surface area contributed by atoms with Crippen molar-refractivity contribution in [1.82, 2.24) is 0 Å². The Kier molecular flexibility index (Phi) is 22.1. The number of hydrogen-bond donors (Lipinski definition) is 0. The van der Waals surface area contributed by atoms with Crippen molar-refractivity contribution >= 4 is 5.97 Å². The van der Waals surface area contributed by atoms with Crippen molar-refractivity contribution in [2.45, 2.75) is 206 Å². The van der Waals surface area contributed by atoms with Crippen molar-refractivity contribution in [3.05, 3.63) is 0 Å². The molecule has 1 rings (SSSR count). The lowest BCUT2D eigenvalue weighted by Crippen LogP contribution is -2.47. The van der Waals surface area contributed by atoms with Gasteiger partial charge >= 0.3 is 5.97 Å². The highest BCUT2D eigenvalue weighted by Gasteiger charge is 2.44. The topological polar surface area (TPSA) is 26.3 Å². The molecule has 1 fully saturated rings. The molecule has 1 aliphatic rings. The summed E-state index contributed by atoms with van der Waals surface area (Å²) in [5.74, 6) is 0.0364. The number of rotatable bonds is 28. The van der Waals surface area contributed by atoms with E-state index in [4.69, 9.17) is 4.74 Å². The van der Waals surface area contributed by atoms with Crippen LogP contribution in [0.1, 0.15) is 200 Å². The minimum absolute atomic E-state index is 0.0364. The second kappa shape index (κ2) is 23.8. The van der Waals surface area contributed by atoms with Crippen LogP contribution in [0.2, 0.25) is 0 Å². The van der Waals surface area contributed by atoms with E-state index in [1.807, 2.05) is 0 Å². The van der Waals surface area contributed by atoms with Crippen molar-refractivity contribution in [3.63, 3.8) is 0 Å². The summed E-state index contributed by atoms with van der Waals surface area (Å²) in [4.78, 5) is 11.6. The van der Waals surface area contributed by atoms with E-state index in [0.717, 1.165) is 12.8 Å². The van der Waals surface area contributed by atoms with E-state index in [0.29, 0.717) is 6.42 Å². The van der Waals surface area contributed by atoms with Gasteiger partial charge in [-0.1, -0.05) is 168 Å². The second-order valence-corrected chi connectivity index (χ2v) is 11.8. The average molecular weight is 493 g/mol. The van der Waals surface area contributed by atoms with E-state index in [1.54, 1.807) is 0 Å². The van der Waals surface area contributed by atoms with Gasteiger partial charge in [-0.25, -0.2) is 0 Å². The third-order valence-electron chi connectivity index (χ3n) is 8.27. The molecule has 0 aromatic heterocycles. The highest BCUT2D eigenvalue weighted by atomic mass is 16.6. The Hall–Kier alpha value is -0.530. The monoisotopic (exact) mass is 492 g/mol. The molecule has 0 radical (unpaired) electrons.